The highest BCUT2D eigenvalue weighted by Crippen LogP contribution is 2.33. The monoisotopic (exact) mass is 202 g/mol. The van der Waals surface area contributed by atoms with Crippen molar-refractivity contribution in [3.05, 3.63) is 0 Å². The van der Waals surface area contributed by atoms with Crippen LogP contribution in [0.25, 0.3) is 0 Å². The van der Waals surface area contributed by atoms with Crippen molar-refractivity contribution in [2.24, 2.45) is 10.8 Å². The molecule has 0 aliphatic carbocycles. The van der Waals surface area contributed by atoms with E-state index in [4.69, 9.17) is 0 Å². The van der Waals surface area contributed by atoms with Crippen LogP contribution in [0.2, 0.25) is 0 Å². The molecule has 0 spiro atoms. The summed E-state index contributed by atoms with van der Waals surface area (Å²) in [6.07, 6.45) is 1.09. The van der Waals surface area contributed by atoms with Gasteiger partial charge in [-0.3, -0.25) is 0 Å². The van der Waals surface area contributed by atoms with Gasteiger partial charge in [0.25, 0.3) is 0 Å². The molecule has 0 amide bonds. The molecule has 0 unspecified atom stereocenters. The molecule has 0 atom stereocenters. The maximum atomic E-state index is 9.23. The van der Waals surface area contributed by atoms with Gasteiger partial charge < -0.3 is 10.5 Å². The fraction of sp³-hybridized carbons (Fsp3) is 1.00. The summed E-state index contributed by atoms with van der Waals surface area (Å²) >= 11 is 0. The van der Waals surface area contributed by atoms with E-state index in [1.54, 1.807) is 7.05 Å². The van der Waals surface area contributed by atoms with E-state index >= 15 is 0 Å². The van der Waals surface area contributed by atoms with E-state index in [-0.39, 0.29) is 10.8 Å². The van der Waals surface area contributed by atoms with Crippen LogP contribution in [0.1, 0.15) is 34.1 Å². The first-order chi connectivity index (χ1) is 6.18. The van der Waals surface area contributed by atoms with Crippen LogP contribution in [-0.2, 0) is 0 Å². The molecule has 3 nitrogen and oxygen atoms in total. The topological polar surface area (TPSA) is 35.5 Å². The average Bonchev–Trinajstić information content (AvgIpc) is 1.78. The van der Waals surface area contributed by atoms with Crippen LogP contribution in [0.3, 0.4) is 0 Å². The Labute approximate surface area is 88.4 Å². The van der Waals surface area contributed by atoms with Gasteiger partial charge in [0.2, 0.25) is 0 Å². The minimum absolute atomic E-state index is 0.143. The van der Waals surface area contributed by atoms with E-state index < -0.39 is 0 Å². The Morgan fingerprint density at radius 2 is 1.64 bits per heavy atom. The Balaban J connectivity index is 4.19. The van der Waals surface area contributed by atoms with Gasteiger partial charge in [0, 0.05) is 13.6 Å². The van der Waals surface area contributed by atoms with Crippen molar-refractivity contribution in [3.63, 3.8) is 0 Å². The maximum absolute atomic E-state index is 9.23. The van der Waals surface area contributed by atoms with E-state index in [0.717, 1.165) is 13.0 Å². The first kappa shape index (κ1) is 13.9. The quantitative estimate of drug-likeness (QED) is 0.646. The van der Waals surface area contributed by atoms with Crippen LogP contribution < -0.4 is 5.32 Å². The van der Waals surface area contributed by atoms with Gasteiger partial charge in [-0.25, -0.2) is 0 Å². The van der Waals surface area contributed by atoms with Crippen molar-refractivity contribution in [1.82, 2.24) is 10.4 Å². The van der Waals surface area contributed by atoms with Gasteiger partial charge in [-0.1, -0.05) is 27.7 Å². The van der Waals surface area contributed by atoms with Gasteiger partial charge >= 0.3 is 0 Å². The second-order valence-corrected chi connectivity index (χ2v) is 5.85. The summed E-state index contributed by atoms with van der Waals surface area (Å²) in [6, 6.07) is 0. The third-order valence-electron chi connectivity index (χ3n) is 2.27. The Morgan fingerprint density at radius 3 is 2.00 bits per heavy atom. The predicted octanol–water partition coefficient (Wildman–Crippen LogP) is 1.97. The lowest BCUT2D eigenvalue weighted by Gasteiger charge is -2.36. The summed E-state index contributed by atoms with van der Waals surface area (Å²) in [6.45, 7) is 10.6. The van der Waals surface area contributed by atoms with Crippen molar-refractivity contribution in [3.8, 4) is 0 Å². The van der Waals surface area contributed by atoms with E-state index in [9.17, 15) is 5.21 Å². The molecular formula is C11H26N2O. The van der Waals surface area contributed by atoms with Crippen LogP contribution in [-0.4, -0.2) is 37.5 Å². The summed E-state index contributed by atoms with van der Waals surface area (Å²) in [4.78, 5) is 0. The Hall–Kier alpha value is -0.120. The second kappa shape index (κ2) is 5.10. The molecule has 0 fully saturated rings. The summed E-state index contributed by atoms with van der Waals surface area (Å²) in [5, 5.41) is 13.7. The van der Waals surface area contributed by atoms with Gasteiger partial charge in [0.1, 0.15) is 0 Å². The van der Waals surface area contributed by atoms with Gasteiger partial charge in [0.15, 0.2) is 0 Å². The highest BCUT2D eigenvalue weighted by molar-refractivity contribution is 4.81. The highest BCUT2D eigenvalue weighted by atomic mass is 16.5. The zero-order valence-corrected chi connectivity index (χ0v) is 10.5. The lowest BCUT2D eigenvalue weighted by Crippen LogP contribution is -2.37. The lowest BCUT2D eigenvalue weighted by molar-refractivity contribution is -0.0936. The molecule has 0 saturated carbocycles. The number of hydroxylamine groups is 2. The molecule has 86 valence electrons. The maximum Gasteiger partial charge on any atom is 0.0286 e. The molecule has 0 aromatic heterocycles. The molecule has 0 rings (SSSR count). The molecule has 2 N–H and O–H groups in total. The van der Waals surface area contributed by atoms with Crippen molar-refractivity contribution >= 4 is 0 Å². The van der Waals surface area contributed by atoms with Crippen LogP contribution in [0.4, 0.5) is 0 Å². The SMILES string of the molecule is CNCC(C)(C)CC(C)(C)CN(C)O. The number of hydrogen-bond donors (Lipinski definition) is 2. The van der Waals surface area contributed by atoms with E-state index in [0.29, 0.717) is 6.54 Å². The number of nitrogens with zero attached hydrogens (tertiary/aromatic N) is 1. The first-order valence-corrected chi connectivity index (χ1v) is 5.23. The van der Waals surface area contributed by atoms with Crippen LogP contribution in [0, 0.1) is 10.8 Å². The highest BCUT2D eigenvalue weighted by Gasteiger charge is 2.29. The summed E-state index contributed by atoms with van der Waals surface area (Å²) < 4.78 is 0. The van der Waals surface area contributed by atoms with Crippen LogP contribution in [0.5, 0.6) is 0 Å². The fourth-order valence-electron chi connectivity index (χ4n) is 2.51. The number of nitrogens with one attached hydrogen (secondary N) is 1. The fourth-order valence-corrected chi connectivity index (χ4v) is 2.51. The molecular weight excluding hydrogens is 176 g/mol. The number of hydrogen-bond acceptors (Lipinski definition) is 3. The minimum atomic E-state index is 0.143. The zero-order chi connectivity index (χ0) is 11.4. The molecule has 0 aromatic rings. The first-order valence-electron chi connectivity index (χ1n) is 5.23. The van der Waals surface area contributed by atoms with Gasteiger partial charge in [-0.05, 0) is 30.8 Å². The third-order valence-corrected chi connectivity index (χ3v) is 2.27. The summed E-state index contributed by atoms with van der Waals surface area (Å²) in [7, 11) is 3.68. The van der Waals surface area contributed by atoms with Crippen molar-refractivity contribution in [2.75, 3.05) is 27.2 Å². The van der Waals surface area contributed by atoms with E-state index in [2.05, 4.69) is 33.0 Å². The predicted molar refractivity (Wildman–Crippen MR) is 60.5 cm³/mol. The molecule has 3 heteroatoms. The van der Waals surface area contributed by atoms with Crippen molar-refractivity contribution < 1.29 is 5.21 Å². The minimum Gasteiger partial charge on any atom is -0.319 e. The number of rotatable bonds is 6. The molecule has 0 aliphatic rings. The van der Waals surface area contributed by atoms with Gasteiger partial charge in [-0.15, -0.1) is 0 Å². The Morgan fingerprint density at radius 1 is 1.14 bits per heavy atom. The van der Waals surface area contributed by atoms with Crippen molar-refractivity contribution in [1.29, 1.82) is 0 Å². The molecule has 0 saturated heterocycles. The molecule has 0 heterocycles. The van der Waals surface area contributed by atoms with Gasteiger partial charge in [-0.2, -0.15) is 5.06 Å². The normalized spacial score (nSPS) is 13.7. The van der Waals surface area contributed by atoms with Crippen LogP contribution in [0.15, 0.2) is 0 Å². The average molecular weight is 202 g/mol. The Kier molecular flexibility index (Phi) is 5.06. The molecule has 0 aliphatic heterocycles. The third kappa shape index (κ3) is 6.35. The molecule has 14 heavy (non-hydrogen) atoms. The van der Waals surface area contributed by atoms with Crippen LogP contribution >= 0.6 is 0 Å². The lowest BCUT2D eigenvalue weighted by atomic mass is 9.75. The van der Waals surface area contributed by atoms with Gasteiger partial charge in [0.05, 0.1) is 0 Å². The summed E-state index contributed by atoms with van der Waals surface area (Å²) in [5.74, 6) is 0. The molecule has 0 radical (unpaired) electrons. The Bertz CT molecular complexity index is 165. The molecule has 0 aromatic carbocycles. The zero-order valence-electron chi connectivity index (χ0n) is 10.5. The standard InChI is InChI=1S/C11H26N2O/c1-10(2,8-12-5)7-11(3,4)9-13(6)14/h12,14H,7-9H2,1-6H3. The smallest absolute Gasteiger partial charge is 0.0286 e. The summed E-state index contributed by atoms with van der Waals surface area (Å²) in [5.41, 5.74) is 0.415. The van der Waals surface area contributed by atoms with E-state index in [1.165, 1.54) is 5.06 Å². The second-order valence-electron chi connectivity index (χ2n) is 5.85. The van der Waals surface area contributed by atoms with E-state index in [1.807, 2.05) is 7.05 Å². The molecule has 0 bridgehead atoms. The largest absolute Gasteiger partial charge is 0.319 e. The van der Waals surface area contributed by atoms with Crippen molar-refractivity contribution in [2.45, 2.75) is 34.1 Å².